The molecule has 0 amide bonds. The fourth-order valence-corrected chi connectivity index (χ4v) is 6.20. The molecule has 12 heavy (non-hydrogen) atoms. The van der Waals surface area contributed by atoms with E-state index in [0.717, 1.165) is 5.92 Å². The van der Waals surface area contributed by atoms with Gasteiger partial charge in [0.1, 0.15) is 0 Å². The van der Waals surface area contributed by atoms with Crippen molar-refractivity contribution in [2.45, 2.75) is 65.2 Å². The Hall–Kier alpha value is 0.217. The van der Waals surface area contributed by atoms with Gasteiger partial charge in [0.05, 0.1) is 8.07 Å². The van der Waals surface area contributed by atoms with Crippen molar-refractivity contribution in [3.63, 3.8) is 0 Å². The van der Waals surface area contributed by atoms with E-state index in [1.165, 1.54) is 24.6 Å². The van der Waals surface area contributed by atoms with E-state index < -0.39 is 8.07 Å². The molecule has 0 spiro atoms. The van der Waals surface area contributed by atoms with Crippen LogP contribution in [-0.2, 0) is 0 Å². The van der Waals surface area contributed by atoms with Crippen molar-refractivity contribution < 1.29 is 0 Å². The summed E-state index contributed by atoms with van der Waals surface area (Å²) in [5.41, 5.74) is 0. The molecule has 0 N–H and O–H groups in total. The van der Waals surface area contributed by atoms with Crippen LogP contribution in [0.4, 0.5) is 0 Å². The molecule has 0 aliphatic carbocycles. The minimum Gasteiger partial charge on any atom is -0.0678 e. The average Bonchev–Trinajstić information content (AvgIpc) is 2.14. The van der Waals surface area contributed by atoms with Crippen LogP contribution in [-0.4, -0.2) is 8.07 Å². The second-order valence-electron chi connectivity index (χ2n) is 4.28. The molecule has 0 nitrogen and oxygen atoms in total. The second-order valence-corrected chi connectivity index (χ2v) is 9.81. The molecule has 0 heterocycles. The molecular weight excluding hydrogens is 160 g/mol. The van der Waals surface area contributed by atoms with Crippen LogP contribution < -0.4 is 0 Å². The highest BCUT2D eigenvalue weighted by atomic mass is 28.3. The Bertz CT molecular complexity index is 97.3. The summed E-state index contributed by atoms with van der Waals surface area (Å²) in [6, 6.07) is 6.03. The molecule has 0 saturated carbocycles. The molecule has 0 aliphatic rings. The van der Waals surface area contributed by atoms with Gasteiger partial charge >= 0.3 is 0 Å². The second kappa shape index (κ2) is 5.79. The normalized spacial score (nSPS) is 14.8. The maximum atomic E-state index is 2.42. The van der Waals surface area contributed by atoms with Crippen molar-refractivity contribution in [3.05, 3.63) is 0 Å². The quantitative estimate of drug-likeness (QED) is 0.534. The first-order valence-corrected chi connectivity index (χ1v) is 8.46. The monoisotopic (exact) mass is 186 g/mol. The molecule has 0 aliphatic heterocycles. The van der Waals surface area contributed by atoms with Crippen molar-refractivity contribution in [2.24, 2.45) is 5.92 Å². The summed E-state index contributed by atoms with van der Waals surface area (Å²) in [4.78, 5) is 0. The minimum atomic E-state index is -0.801. The molecule has 0 aromatic heterocycles. The third kappa shape index (κ3) is 3.30. The summed E-state index contributed by atoms with van der Waals surface area (Å²) >= 11 is 0. The zero-order valence-corrected chi connectivity index (χ0v) is 10.6. The highest BCUT2D eigenvalue weighted by molar-refractivity contribution is 6.79. The Labute approximate surface area is 79.8 Å². The Morgan fingerprint density at radius 2 is 1.33 bits per heavy atom. The lowest BCUT2D eigenvalue weighted by molar-refractivity contribution is 0.610. The molecule has 0 saturated heterocycles. The topological polar surface area (TPSA) is 0 Å². The maximum absolute atomic E-state index is 2.42. The van der Waals surface area contributed by atoms with Gasteiger partial charge < -0.3 is 0 Å². The fourth-order valence-electron chi connectivity index (χ4n) is 2.07. The van der Waals surface area contributed by atoms with Gasteiger partial charge in [0.15, 0.2) is 0 Å². The van der Waals surface area contributed by atoms with E-state index in [1.54, 1.807) is 6.04 Å². The zero-order valence-electron chi connectivity index (χ0n) is 9.61. The third-order valence-corrected chi connectivity index (χ3v) is 9.79. The third-order valence-electron chi connectivity index (χ3n) is 3.73. The van der Waals surface area contributed by atoms with Gasteiger partial charge in [0.2, 0.25) is 0 Å². The van der Waals surface area contributed by atoms with E-state index >= 15 is 0 Å². The largest absolute Gasteiger partial charge is 0.0678 e. The van der Waals surface area contributed by atoms with Gasteiger partial charge in [0.25, 0.3) is 0 Å². The van der Waals surface area contributed by atoms with Crippen LogP contribution in [0.15, 0.2) is 0 Å². The molecule has 0 aromatic carbocycles. The van der Waals surface area contributed by atoms with Crippen LogP contribution in [0, 0.1) is 5.92 Å². The predicted molar refractivity (Wildman–Crippen MR) is 61.5 cm³/mol. The summed E-state index contributed by atoms with van der Waals surface area (Å²) in [6.07, 6.45) is 1.37. The van der Waals surface area contributed by atoms with Crippen LogP contribution in [0.25, 0.3) is 0 Å². The summed E-state index contributed by atoms with van der Waals surface area (Å²) in [5.74, 6) is 0.969. The van der Waals surface area contributed by atoms with Crippen LogP contribution in [0.5, 0.6) is 0 Å². The Morgan fingerprint density at radius 1 is 0.917 bits per heavy atom. The van der Waals surface area contributed by atoms with Crippen molar-refractivity contribution in [1.29, 1.82) is 0 Å². The zero-order chi connectivity index (χ0) is 9.61. The highest BCUT2D eigenvalue weighted by Gasteiger charge is 2.27. The smallest absolute Gasteiger partial charge is 0.0530 e. The van der Waals surface area contributed by atoms with E-state index in [9.17, 15) is 0 Å². The SMILES string of the molecule is CCC(C)C[Si](CC)(CC)CC. The van der Waals surface area contributed by atoms with Crippen LogP contribution in [0.3, 0.4) is 0 Å². The first-order chi connectivity index (χ1) is 5.64. The number of rotatable bonds is 6. The summed E-state index contributed by atoms with van der Waals surface area (Å²) in [7, 11) is -0.801. The molecule has 1 unspecified atom stereocenters. The first kappa shape index (κ1) is 12.2. The van der Waals surface area contributed by atoms with Gasteiger partial charge in [-0.3, -0.25) is 0 Å². The molecule has 0 aromatic rings. The van der Waals surface area contributed by atoms with Gasteiger partial charge in [0, 0.05) is 0 Å². The Kier molecular flexibility index (Phi) is 5.90. The van der Waals surface area contributed by atoms with Crippen molar-refractivity contribution in [1.82, 2.24) is 0 Å². The summed E-state index contributed by atoms with van der Waals surface area (Å²) in [5, 5.41) is 0. The first-order valence-electron chi connectivity index (χ1n) is 5.64. The lowest BCUT2D eigenvalue weighted by Gasteiger charge is -2.30. The summed E-state index contributed by atoms with van der Waals surface area (Å²) < 4.78 is 0. The minimum absolute atomic E-state index is 0.801. The van der Waals surface area contributed by atoms with Crippen molar-refractivity contribution in [3.8, 4) is 0 Å². The molecular formula is C11H26Si. The van der Waals surface area contributed by atoms with E-state index in [-0.39, 0.29) is 0 Å². The number of hydrogen-bond donors (Lipinski definition) is 0. The molecule has 0 fully saturated rings. The van der Waals surface area contributed by atoms with Crippen molar-refractivity contribution >= 4 is 8.07 Å². The lowest BCUT2D eigenvalue weighted by atomic mass is 10.2. The molecule has 1 atom stereocenters. The highest BCUT2D eigenvalue weighted by Crippen LogP contribution is 2.29. The number of hydrogen-bond acceptors (Lipinski definition) is 0. The van der Waals surface area contributed by atoms with E-state index in [2.05, 4.69) is 34.6 Å². The van der Waals surface area contributed by atoms with E-state index in [0.29, 0.717) is 0 Å². The van der Waals surface area contributed by atoms with Crippen LogP contribution in [0.1, 0.15) is 41.0 Å². The molecule has 0 rings (SSSR count). The molecule has 0 radical (unpaired) electrons. The standard InChI is InChI=1S/C11H26Si/c1-6-11(5)10-12(7-2,8-3)9-4/h11H,6-10H2,1-5H3. The molecule has 0 bridgehead atoms. The van der Waals surface area contributed by atoms with Gasteiger partial charge in [-0.25, -0.2) is 0 Å². The Morgan fingerprint density at radius 3 is 1.58 bits per heavy atom. The van der Waals surface area contributed by atoms with Crippen LogP contribution >= 0.6 is 0 Å². The lowest BCUT2D eigenvalue weighted by Crippen LogP contribution is -2.33. The van der Waals surface area contributed by atoms with Gasteiger partial charge in [-0.05, 0) is 5.92 Å². The molecule has 1 heteroatoms. The maximum Gasteiger partial charge on any atom is 0.0530 e. The molecule has 74 valence electrons. The van der Waals surface area contributed by atoms with Crippen LogP contribution in [0.2, 0.25) is 24.2 Å². The van der Waals surface area contributed by atoms with Gasteiger partial charge in [-0.15, -0.1) is 0 Å². The fraction of sp³-hybridized carbons (Fsp3) is 1.00. The van der Waals surface area contributed by atoms with Crippen molar-refractivity contribution in [2.75, 3.05) is 0 Å². The van der Waals surface area contributed by atoms with Gasteiger partial charge in [-0.1, -0.05) is 65.2 Å². The van der Waals surface area contributed by atoms with E-state index in [4.69, 9.17) is 0 Å². The Balaban J connectivity index is 4.09. The average molecular weight is 186 g/mol. The predicted octanol–water partition coefficient (Wildman–Crippen LogP) is 4.54. The van der Waals surface area contributed by atoms with Gasteiger partial charge in [-0.2, -0.15) is 0 Å². The summed E-state index contributed by atoms with van der Waals surface area (Å²) in [6.45, 7) is 12.0. The van der Waals surface area contributed by atoms with E-state index in [1.807, 2.05) is 0 Å².